The zero-order valence-corrected chi connectivity index (χ0v) is 16.9. The van der Waals surface area contributed by atoms with E-state index in [4.69, 9.17) is 21.1 Å². The van der Waals surface area contributed by atoms with Crippen molar-refractivity contribution in [2.24, 2.45) is 0 Å². The van der Waals surface area contributed by atoms with Crippen LogP contribution in [0.25, 0.3) is 6.08 Å². The first-order chi connectivity index (χ1) is 14.3. The molecule has 10 heteroatoms. The maximum Gasteiger partial charge on any atom is 0.328 e. The van der Waals surface area contributed by atoms with Crippen molar-refractivity contribution in [2.45, 2.75) is 13.5 Å². The summed E-state index contributed by atoms with van der Waals surface area (Å²) in [7, 11) is 1.38. The zero-order chi connectivity index (χ0) is 21.8. The second kappa shape index (κ2) is 8.83. The van der Waals surface area contributed by atoms with E-state index >= 15 is 0 Å². The Morgan fingerprint density at radius 2 is 2.00 bits per heavy atom. The van der Waals surface area contributed by atoms with Gasteiger partial charge in [-0.3, -0.25) is 19.8 Å². The van der Waals surface area contributed by atoms with E-state index in [-0.39, 0.29) is 28.8 Å². The molecule has 1 heterocycles. The molecule has 0 aliphatic carbocycles. The topological polar surface area (TPSA) is 111 Å². The lowest BCUT2D eigenvalue weighted by atomic mass is 10.1. The minimum absolute atomic E-state index is 0.0394. The summed E-state index contributed by atoms with van der Waals surface area (Å²) < 4.78 is 11.4. The fourth-order valence-electron chi connectivity index (χ4n) is 2.78. The third-order valence-electron chi connectivity index (χ3n) is 4.23. The number of nitrogens with one attached hydrogen (secondary N) is 1. The molecule has 0 bridgehead atoms. The molecule has 1 aliphatic heterocycles. The Balaban J connectivity index is 1.87. The Labute approximate surface area is 177 Å². The van der Waals surface area contributed by atoms with E-state index in [1.165, 1.54) is 25.3 Å². The molecule has 156 valence electrons. The van der Waals surface area contributed by atoms with Crippen LogP contribution in [0.15, 0.2) is 42.1 Å². The molecule has 0 spiro atoms. The molecule has 3 amide bonds. The SMILES string of the molecule is CCOc1cc(/C=C2/NC(=O)N(C)C2=O)cc(Cl)c1OCc1cccc([N+](=O)[O-])c1. The predicted octanol–water partition coefficient (Wildman–Crippen LogP) is 3.75. The largest absolute Gasteiger partial charge is 0.490 e. The minimum Gasteiger partial charge on any atom is -0.490 e. The first-order valence-corrected chi connectivity index (χ1v) is 9.31. The monoisotopic (exact) mass is 431 g/mol. The minimum atomic E-state index is -0.515. The van der Waals surface area contributed by atoms with E-state index in [0.29, 0.717) is 23.5 Å². The summed E-state index contributed by atoms with van der Waals surface area (Å²) in [5.41, 5.74) is 1.20. The Bertz CT molecular complexity index is 1050. The zero-order valence-electron chi connectivity index (χ0n) is 16.2. The molecule has 1 fully saturated rings. The van der Waals surface area contributed by atoms with E-state index in [2.05, 4.69) is 5.32 Å². The van der Waals surface area contributed by atoms with Crippen LogP contribution in [0, 0.1) is 10.1 Å². The van der Waals surface area contributed by atoms with Gasteiger partial charge >= 0.3 is 6.03 Å². The van der Waals surface area contributed by atoms with Gasteiger partial charge in [0.25, 0.3) is 11.6 Å². The van der Waals surface area contributed by atoms with Gasteiger partial charge in [0.15, 0.2) is 11.5 Å². The lowest BCUT2D eigenvalue weighted by Gasteiger charge is -2.14. The molecule has 0 aromatic heterocycles. The molecule has 1 N–H and O–H groups in total. The molecule has 0 radical (unpaired) electrons. The number of hydrogen-bond acceptors (Lipinski definition) is 6. The first kappa shape index (κ1) is 21.1. The van der Waals surface area contributed by atoms with Crippen molar-refractivity contribution in [1.29, 1.82) is 0 Å². The van der Waals surface area contributed by atoms with E-state index in [1.807, 2.05) is 0 Å². The third kappa shape index (κ3) is 4.52. The highest BCUT2D eigenvalue weighted by atomic mass is 35.5. The van der Waals surface area contributed by atoms with Crippen LogP contribution in [0.1, 0.15) is 18.1 Å². The number of carbonyl (C=O) groups is 2. The lowest BCUT2D eigenvalue weighted by Crippen LogP contribution is -2.25. The second-order valence-corrected chi connectivity index (χ2v) is 6.74. The number of benzene rings is 2. The van der Waals surface area contributed by atoms with Crippen molar-refractivity contribution >= 4 is 35.3 Å². The molecule has 0 saturated carbocycles. The Morgan fingerprint density at radius 3 is 2.63 bits per heavy atom. The Kier molecular flexibility index (Phi) is 6.22. The van der Waals surface area contributed by atoms with Gasteiger partial charge in [-0.15, -0.1) is 0 Å². The van der Waals surface area contributed by atoms with Gasteiger partial charge in [0.1, 0.15) is 12.3 Å². The van der Waals surface area contributed by atoms with Crippen LogP contribution in [-0.2, 0) is 11.4 Å². The number of nitro groups is 1. The maximum absolute atomic E-state index is 12.1. The smallest absolute Gasteiger partial charge is 0.328 e. The molecular weight excluding hydrogens is 414 g/mol. The van der Waals surface area contributed by atoms with Crippen molar-refractivity contribution in [3.63, 3.8) is 0 Å². The van der Waals surface area contributed by atoms with Gasteiger partial charge in [0, 0.05) is 19.2 Å². The fourth-order valence-corrected chi connectivity index (χ4v) is 3.05. The van der Waals surface area contributed by atoms with Crippen molar-refractivity contribution < 1.29 is 24.0 Å². The van der Waals surface area contributed by atoms with Crippen LogP contribution in [0.4, 0.5) is 10.5 Å². The number of nitrogens with zero attached hydrogens (tertiary/aromatic N) is 2. The first-order valence-electron chi connectivity index (χ1n) is 8.93. The van der Waals surface area contributed by atoms with E-state index < -0.39 is 16.9 Å². The fraction of sp³-hybridized carbons (Fsp3) is 0.200. The van der Waals surface area contributed by atoms with Gasteiger partial charge in [0.05, 0.1) is 16.6 Å². The molecule has 30 heavy (non-hydrogen) atoms. The second-order valence-electron chi connectivity index (χ2n) is 6.33. The number of non-ortho nitro benzene ring substituents is 1. The quantitative estimate of drug-likeness (QED) is 0.309. The van der Waals surface area contributed by atoms with Crippen LogP contribution in [0.2, 0.25) is 5.02 Å². The van der Waals surface area contributed by atoms with Gasteiger partial charge < -0.3 is 14.8 Å². The van der Waals surface area contributed by atoms with Gasteiger partial charge in [0.2, 0.25) is 0 Å². The molecule has 0 atom stereocenters. The highest BCUT2D eigenvalue weighted by Gasteiger charge is 2.30. The average Bonchev–Trinajstić information content (AvgIpc) is 2.94. The molecule has 1 saturated heterocycles. The molecule has 9 nitrogen and oxygen atoms in total. The highest BCUT2D eigenvalue weighted by molar-refractivity contribution is 6.32. The molecule has 1 aliphatic rings. The third-order valence-corrected chi connectivity index (χ3v) is 4.51. The number of amides is 3. The van der Waals surface area contributed by atoms with E-state index in [1.54, 1.807) is 31.2 Å². The number of rotatable bonds is 7. The summed E-state index contributed by atoms with van der Waals surface area (Å²) in [6.07, 6.45) is 1.49. The number of hydrogen-bond donors (Lipinski definition) is 1. The summed E-state index contributed by atoms with van der Waals surface area (Å²) in [5, 5.41) is 13.6. The molecule has 3 rings (SSSR count). The Hall–Kier alpha value is -3.59. The standard InChI is InChI=1S/C20H18ClN3O6/c1-3-29-17-10-13(9-16-19(25)23(2)20(26)22-16)8-15(21)18(17)30-11-12-5-4-6-14(7-12)24(27)28/h4-10H,3,11H2,1-2H3,(H,22,26)/b16-9+. The van der Waals surface area contributed by atoms with Crippen LogP contribution in [0.3, 0.4) is 0 Å². The number of halogens is 1. The van der Waals surface area contributed by atoms with Crippen LogP contribution in [0.5, 0.6) is 11.5 Å². The normalized spacial score (nSPS) is 14.8. The van der Waals surface area contributed by atoms with Gasteiger partial charge in [-0.1, -0.05) is 23.7 Å². The number of urea groups is 1. The number of nitro benzene ring substituents is 1. The van der Waals surface area contributed by atoms with Crippen LogP contribution in [-0.4, -0.2) is 35.4 Å². The summed E-state index contributed by atoms with van der Waals surface area (Å²) in [6, 6.07) is 8.76. The number of ether oxygens (including phenoxy) is 2. The van der Waals surface area contributed by atoms with Crippen LogP contribution >= 0.6 is 11.6 Å². The van der Waals surface area contributed by atoms with E-state index in [0.717, 1.165) is 4.90 Å². The van der Waals surface area contributed by atoms with E-state index in [9.17, 15) is 19.7 Å². The Morgan fingerprint density at radius 1 is 1.23 bits per heavy atom. The summed E-state index contributed by atoms with van der Waals surface area (Å²) in [4.78, 5) is 35.1. The number of imide groups is 1. The lowest BCUT2D eigenvalue weighted by molar-refractivity contribution is -0.384. The van der Waals surface area contributed by atoms with Crippen LogP contribution < -0.4 is 14.8 Å². The summed E-state index contributed by atoms with van der Waals surface area (Å²) >= 11 is 6.37. The summed E-state index contributed by atoms with van der Waals surface area (Å²) in [5.74, 6) is 0.151. The van der Waals surface area contributed by atoms with Gasteiger partial charge in [-0.25, -0.2) is 4.79 Å². The van der Waals surface area contributed by atoms with Gasteiger partial charge in [-0.05, 0) is 36.3 Å². The number of carbonyl (C=O) groups excluding carboxylic acids is 2. The van der Waals surface area contributed by atoms with Crippen molar-refractivity contribution in [2.75, 3.05) is 13.7 Å². The van der Waals surface area contributed by atoms with Crippen molar-refractivity contribution in [1.82, 2.24) is 10.2 Å². The average molecular weight is 432 g/mol. The summed E-state index contributed by atoms with van der Waals surface area (Å²) in [6.45, 7) is 2.17. The van der Waals surface area contributed by atoms with Crippen molar-refractivity contribution in [3.05, 3.63) is 68.4 Å². The predicted molar refractivity (Wildman–Crippen MR) is 109 cm³/mol. The molecule has 2 aromatic rings. The maximum atomic E-state index is 12.1. The highest BCUT2D eigenvalue weighted by Crippen LogP contribution is 2.38. The van der Waals surface area contributed by atoms with Gasteiger partial charge in [-0.2, -0.15) is 0 Å². The van der Waals surface area contributed by atoms with Crippen molar-refractivity contribution in [3.8, 4) is 11.5 Å². The molecule has 2 aromatic carbocycles. The molecule has 0 unspecified atom stereocenters. The molecular formula is C20H18ClN3O6. The number of likely N-dealkylation sites (N-methyl/N-ethyl adjacent to an activating group) is 1.